The van der Waals surface area contributed by atoms with Gasteiger partial charge in [-0.1, -0.05) is 18.2 Å². The number of aromatic nitrogens is 1. The highest BCUT2D eigenvalue weighted by atomic mass is 15.2. The lowest BCUT2D eigenvalue weighted by atomic mass is 10.1. The quantitative estimate of drug-likeness (QED) is 0.650. The number of rotatable bonds is 4. The van der Waals surface area contributed by atoms with E-state index in [0.717, 1.165) is 34.7 Å². The minimum Gasteiger partial charge on any atom is -0.384 e. The summed E-state index contributed by atoms with van der Waals surface area (Å²) in [5, 5.41) is 8.78. The maximum atomic E-state index is 7.75. The van der Waals surface area contributed by atoms with Crippen molar-refractivity contribution in [1.29, 1.82) is 5.41 Å². The van der Waals surface area contributed by atoms with E-state index >= 15 is 0 Å². The molecule has 19 heavy (non-hydrogen) atoms. The number of nitrogens with two attached hydrogens (primary N) is 1. The van der Waals surface area contributed by atoms with Crippen molar-refractivity contribution >= 4 is 22.6 Å². The van der Waals surface area contributed by atoms with Crippen molar-refractivity contribution < 1.29 is 0 Å². The van der Waals surface area contributed by atoms with Crippen LogP contribution in [0.2, 0.25) is 0 Å². The number of hydrogen-bond donors (Lipinski definition) is 2. The molecule has 3 N–H and O–H groups in total. The number of nitrogens with one attached hydrogen (secondary N) is 1. The normalized spacial score (nSPS) is 14.6. The van der Waals surface area contributed by atoms with Gasteiger partial charge < -0.3 is 10.6 Å². The molecule has 1 aliphatic carbocycles. The maximum Gasteiger partial charge on any atom is 0.140 e. The first-order chi connectivity index (χ1) is 9.15. The van der Waals surface area contributed by atoms with Crippen molar-refractivity contribution in [2.45, 2.75) is 12.8 Å². The first kappa shape index (κ1) is 12.0. The molecule has 3 rings (SSSR count). The fraction of sp³-hybridized carbons (Fsp3) is 0.333. The number of amidine groups is 1. The minimum atomic E-state index is 0.0795. The summed E-state index contributed by atoms with van der Waals surface area (Å²) < 4.78 is 0. The number of nitrogens with zero attached hydrogens (tertiary/aromatic N) is 2. The van der Waals surface area contributed by atoms with E-state index in [4.69, 9.17) is 11.1 Å². The van der Waals surface area contributed by atoms with Gasteiger partial charge in [-0.05, 0) is 30.9 Å². The summed E-state index contributed by atoms with van der Waals surface area (Å²) in [6, 6.07) is 9.91. The van der Waals surface area contributed by atoms with Crippen LogP contribution in [0.25, 0.3) is 10.9 Å². The first-order valence-electron chi connectivity index (χ1n) is 6.60. The molecule has 1 aromatic carbocycles. The fourth-order valence-corrected chi connectivity index (χ4v) is 2.37. The van der Waals surface area contributed by atoms with Crippen LogP contribution in [0.1, 0.15) is 18.4 Å². The summed E-state index contributed by atoms with van der Waals surface area (Å²) >= 11 is 0. The summed E-state index contributed by atoms with van der Waals surface area (Å²) in [4.78, 5) is 6.81. The molecule has 4 nitrogen and oxygen atoms in total. The van der Waals surface area contributed by atoms with E-state index in [0.29, 0.717) is 0 Å². The van der Waals surface area contributed by atoms with Gasteiger partial charge in [0.25, 0.3) is 0 Å². The molecule has 0 unspecified atom stereocenters. The molecule has 0 aliphatic heterocycles. The molecular formula is C15H18N4. The van der Waals surface area contributed by atoms with Gasteiger partial charge in [0, 0.05) is 19.0 Å². The molecule has 1 heterocycles. The lowest BCUT2D eigenvalue weighted by molar-refractivity contribution is 0.778. The Morgan fingerprint density at radius 1 is 1.42 bits per heavy atom. The largest absolute Gasteiger partial charge is 0.384 e. The van der Waals surface area contributed by atoms with Gasteiger partial charge >= 0.3 is 0 Å². The SMILES string of the molecule is CN(CC1CC1)c1nc2ccccc2cc1C(=N)N. The van der Waals surface area contributed by atoms with Gasteiger partial charge in [0.2, 0.25) is 0 Å². The number of anilines is 1. The Balaban J connectivity index is 2.08. The van der Waals surface area contributed by atoms with Crippen molar-refractivity contribution in [3.63, 3.8) is 0 Å². The molecule has 0 saturated heterocycles. The van der Waals surface area contributed by atoms with Gasteiger partial charge in [0.05, 0.1) is 11.1 Å². The zero-order valence-electron chi connectivity index (χ0n) is 11.1. The molecule has 1 aliphatic rings. The molecule has 0 bridgehead atoms. The van der Waals surface area contributed by atoms with Gasteiger partial charge in [-0.15, -0.1) is 0 Å². The van der Waals surface area contributed by atoms with E-state index in [9.17, 15) is 0 Å². The Kier molecular flexibility index (Phi) is 2.85. The van der Waals surface area contributed by atoms with Crippen LogP contribution in [-0.2, 0) is 0 Å². The lowest BCUT2D eigenvalue weighted by Gasteiger charge is -2.21. The summed E-state index contributed by atoms with van der Waals surface area (Å²) in [6.45, 7) is 0.992. The molecule has 1 fully saturated rings. The van der Waals surface area contributed by atoms with Gasteiger partial charge in [-0.3, -0.25) is 5.41 Å². The van der Waals surface area contributed by atoms with Crippen molar-refractivity contribution in [3.05, 3.63) is 35.9 Å². The number of fused-ring (bicyclic) bond motifs is 1. The van der Waals surface area contributed by atoms with Crippen molar-refractivity contribution in [1.82, 2.24) is 4.98 Å². The number of para-hydroxylation sites is 1. The highest BCUT2D eigenvalue weighted by molar-refractivity contribution is 6.02. The number of hydrogen-bond acceptors (Lipinski definition) is 3. The van der Waals surface area contributed by atoms with Crippen molar-refractivity contribution in [3.8, 4) is 0 Å². The highest BCUT2D eigenvalue weighted by Gasteiger charge is 2.24. The third-order valence-electron chi connectivity index (χ3n) is 3.58. The molecule has 98 valence electrons. The molecule has 4 heteroatoms. The van der Waals surface area contributed by atoms with Crippen LogP contribution in [0, 0.1) is 11.3 Å². The summed E-state index contributed by atoms with van der Waals surface area (Å²) in [7, 11) is 2.03. The van der Waals surface area contributed by atoms with E-state index in [2.05, 4.69) is 9.88 Å². The smallest absolute Gasteiger partial charge is 0.140 e. The van der Waals surface area contributed by atoms with Crippen LogP contribution in [0.15, 0.2) is 30.3 Å². The van der Waals surface area contributed by atoms with E-state index in [1.807, 2.05) is 37.4 Å². The third-order valence-corrected chi connectivity index (χ3v) is 3.58. The Morgan fingerprint density at radius 2 is 2.16 bits per heavy atom. The van der Waals surface area contributed by atoms with E-state index in [1.165, 1.54) is 12.8 Å². The third kappa shape index (κ3) is 2.38. The molecule has 2 aromatic rings. The summed E-state index contributed by atoms with van der Waals surface area (Å²) in [5.41, 5.74) is 7.38. The van der Waals surface area contributed by atoms with Crippen LogP contribution < -0.4 is 10.6 Å². The molecule has 1 aromatic heterocycles. The molecule has 0 atom stereocenters. The second-order valence-corrected chi connectivity index (χ2v) is 5.29. The number of pyridine rings is 1. The molecule has 0 spiro atoms. The second kappa shape index (κ2) is 4.53. The molecule has 0 radical (unpaired) electrons. The predicted molar refractivity (Wildman–Crippen MR) is 78.8 cm³/mol. The Morgan fingerprint density at radius 3 is 2.84 bits per heavy atom. The minimum absolute atomic E-state index is 0.0795. The van der Waals surface area contributed by atoms with Crippen molar-refractivity contribution in [2.75, 3.05) is 18.5 Å². The van der Waals surface area contributed by atoms with Gasteiger partial charge in [0.15, 0.2) is 0 Å². The average molecular weight is 254 g/mol. The van der Waals surface area contributed by atoms with Crippen LogP contribution >= 0.6 is 0 Å². The van der Waals surface area contributed by atoms with E-state index < -0.39 is 0 Å². The molecule has 0 amide bonds. The number of nitrogen functional groups attached to an aromatic ring is 1. The average Bonchev–Trinajstić information content (AvgIpc) is 3.21. The maximum absolute atomic E-state index is 7.75. The van der Waals surface area contributed by atoms with E-state index in [1.54, 1.807) is 0 Å². The van der Waals surface area contributed by atoms with Gasteiger partial charge in [-0.2, -0.15) is 0 Å². The monoisotopic (exact) mass is 254 g/mol. The van der Waals surface area contributed by atoms with Crippen molar-refractivity contribution in [2.24, 2.45) is 11.7 Å². The van der Waals surface area contributed by atoms with Crippen LogP contribution in [0.5, 0.6) is 0 Å². The zero-order valence-corrected chi connectivity index (χ0v) is 11.1. The van der Waals surface area contributed by atoms with Crippen LogP contribution in [-0.4, -0.2) is 24.4 Å². The zero-order chi connectivity index (χ0) is 13.4. The Labute approximate surface area is 112 Å². The topological polar surface area (TPSA) is 66.0 Å². The van der Waals surface area contributed by atoms with Gasteiger partial charge in [-0.25, -0.2) is 4.98 Å². The van der Waals surface area contributed by atoms with Gasteiger partial charge in [0.1, 0.15) is 11.7 Å². The second-order valence-electron chi connectivity index (χ2n) is 5.29. The molecule has 1 saturated carbocycles. The van der Waals surface area contributed by atoms with Crippen LogP contribution in [0.4, 0.5) is 5.82 Å². The fourth-order valence-electron chi connectivity index (χ4n) is 2.37. The Hall–Kier alpha value is -2.10. The molecular weight excluding hydrogens is 236 g/mol. The summed E-state index contributed by atoms with van der Waals surface area (Å²) in [5.74, 6) is 1.67. The lowest BCUT2D eigenvalue weighted by Crippen LogP contribution is -2.25. The summed E-state index contributed by atoms with van der Waals surface area (Å²) in [6.07, 6.45) is 2.60. The van der Waals surface area contributed by atoms with Crippen LogP contribution in [0.3, 0.4) is 0 Å². The Bertz CT molecular complexity index is 631. The van der Waals surface area contributed by atoms with E-state index in [-0.39, 0.29) is 5.84 Å². The first-order valence-corrected chi connectivity index (χ1v) is 6.60. The standard InChI is InChI=1S/C15H18N4/c1-19(9-10-6-7-10)15-12(14(16)17)8-11-4-2-3-5-13(11)18-15/h2-5,8,10H,6-7,9H2,1H3,(H3,16,17). The highest BCUT2D eigenvalue weighted by Crippen LogP contribution is 2.31. The predicted octanol–water partition coefficient (Wildman–Crippen LogP) is 2.37. The number of benzene rings is 1.